The van der Waals surface area contributed by atoms with Crippen LogP contribution in [0.25, 0.3) is 0 Å². The molecule has 2 aliphatic carbocycles. The summed E-state index contributed by atoms with van der Waals surface area (Å²) in [4.78, 5) is 15.0. The minimum absolute atomic E-state index is 0.0636. The minimum Gasteiger partial charge on any atom is -0.493 e. The molecule has 1 spiro atoms. The number of piperidine rings is 1. The van der Waals surface area contributed by atoms with Gasteiger partial charge >= 0.3 is 0 Å². The van der Waals surface area contributed by atoms with Gasteiger partial charge in [-0.1, -0.05) is 6.07 Å². The fourth-order valence-electron chi connectivity index (χ4n) is 6.03. The maximum Gasteiger partial charge on any atom is 0.165 e. The van der Waals surface area contributed by atoms with Gasteiger partial charge in [-0.15, -0.1) is 0 Å². The van der Waals surface area contributed by atoms with Crippen molar-refractivity contribution < 1.29 is 19.4 Å². The molecule has 128 valence electrons. The summed E-state index contributed by atoms with van der Waals surface area (Å²) in [6.45, 7) is 1.25. The summed E-state index contributed by atoms with van der Waals surface area (Å²) in [7, 11) is 3.74. The van der Waals surface area contributed by atoms with Crippen LogP contribution >= 0.6 is 0 Å². The highest BCUT2D eigenvalue weighted by atomic mass is 16.5. The number of Topliss-reactive ketones (excluding diaryl/α,β-unsaturated/α-hetero) is 1. The first-order valence-electron chi connectivity index (χ1n) is 8.81. The standard InChI is InChI=1S/C19H23NO4/c1-20-8-7-18-12-10-24-17-14(23-2)4-3-11(16(17)18)9-15(20)19(18,22)6-5-13(12)21/h3-4,12,15,22H,5-10H2,1-2H3/t12?,15?,18?,19-/m1/s1. The Morgan fingerprint density at radius 1 is 1.38 bits per heavy atom. The van der Waals surface area contributed by atoms with Gasteiger partial charge in [-0.25, -0.2) is 0 Å². The number of carbonyl (C=O) groups is 1. The van der Waals surface area contributed by atoms with Crippen molar-refractivity contribution in [3.05, 3.63) is 23.3 Å². The summed E-state index contributed by atoms with van der Waals surface area (Å²) in [6, 6.07) is 4.11. The number of ketones is 1. The van der Waals surface area contributed by atoms with Crippen molar-refractivity contribution in [2.45, 2.75) is 42.7 Å². The van der Waals surface area contributed by atoms with Crippen LogP contribution in [-0.2, 0) is 16.6 Å². The fraction of sp³-hybridized carbons (Fsp3) is 0.632. The highest BCUT2D eigenvalue weighted by Crippen LogP contribution is 2.64. The number of ether oxygens (including phenoxy) is 2. The number of hydrogen-bond acceptors (Lipinski definition) is 5. The zero-order valence-electron chi connectivity index (χ0n) is 14.2. The van der Waals surface area contributed by atoms with E-state index >= 15 is 0 Å². The first kappa shape index (κ1) is 14.7. The summed E-state index contributed by atoms with van der Waals surface area (Å²) in [5.41, 5.74) is 0.871. The second-order valence-electron chi connectivity index (χ2n) is 7.81. The topological polar surface area (TPSA) is 59.0 Å². The van der Waals surface area contributed by atoms with E-state index in [1.54, 1.807) is 7.11 Å². The smallest absolute Gasteiger partial charge is 0.165 e. The van der Waals surface area contributed by atoms with Crippen LogP contribution in [-0.4, -0.2) is 54.7 Å². The number of carbonyl (C=O) groups excluding carboxylic acids is 1. The Kier molecular flexibility index (Phi) is 2.78. The normalized spacial score (nSPS) is 39.9. The van der Waals surface area contributed by atoms with Crippen molar-refractivity contribution in [2.24, 2.45) is 5.92 Å². The predicted octanol–water partition coefficient (Wildman–Crippen LogP) is 1.30. The quantitative estimate of drug-likeness (QED) is 0.841. The lowest BCUT2D eigenvalue weighted by Gasteiger charge is -2.66. The molecule has 2 heterocycles. The van der Waals surface area contributed by atoms with Crippen LogP contribution in [0.2, 0.25) is 0 Å². The van der Waals surface area contributed by atoms with E-state index in [1.165, 1.54) is 5.56 Å². The number of benzene rings is 1. The van der Waals surface area contributed by atoms with Gasteiger partial charge in [-0.05, 0) is 44.5 Å². The average Bonchev–Trinajstić information content (AvgIpc) is 2.58. The second-order valence-corrected chi connectivity index (χ2v) is 7.81. The second kappa shape index (κ2) is 4.52. The van der Waals surface area contributed by atoms with Crippen LogP contribution in [0.3, 0.4) is 0 Å². The fourth-order valence-corrected chi connectivity index (χ4v) is 6.03. The average molecular weight is 329 g/mol. The largest absolute Gasteiger partial charge is 0.493 e. The maximum absolute atomic E-state index is 12.8. The van der Waals surface area contributed by atoms with Crippen molar-refractivity contribution in [3.63, 3.8) is 0 Å². The molecule has 5 rings (SSSR count). The Morgan fingerprint density at radius 2 is 2.21 bits per heavy atom. The number of nitrogens with zero attached hydrogens (tertiary/aromatic N) is 1. The van der Waals surface area contributed by atoms with Crippen LogP contribution in [0.5, 0.6) is 11.5 Å². The molecule has 2 fully saturated rings. The van der Waals surface area contributed by atoms with Gasteiger partial charge in [0, 0.05) is 23.4 Å². The summed E-state index contributed by atoms with van der Waals surface area (Å²) < 4.78 is 11.6. The van der Waals surface area contributed by atoms with Gasteiger partial charge in [0.25, 0.3) is 0 Å². The SMILES string of the molecule is COc1ccc2c3c1OCC1C(=O)CC[C@@]4(O)C(C2)N(C)CCC314. The Balaban J connectivity index is 1.86. The molecule has 0 aromatic heterocycles. The Bertz CT molecular complexity index is 747. The van der Waals surface area contributed by atoms with E-state index in [-0.39, 0.29) is 17.7 Å². The van der Waals surface area contributed by atoms with Crippen LogP contribution in [0.15, 0.2) is 12.1 Å². The Hall–Kier alpha value is -1.59. The highest BCUT2D eigenvalue weighted by molar-refractivity contribution is 5.86. The summed E-state index contributed by atoms with van der Waals surface area (Å²) in [6.07, 6.45) is 2.59. The van der Waals surface area contributed by atoms with Crippen molar-refractivity contribution in [3.8, 4) is 11.5 Å². The Labute approximate surface area is 141 Å². The molecular formula is C19H23NO4. The summed E-state index contributed by atoms with van der Waals surface area (Å²) in [5.74, 6) is 1.46. The van der Waals surface area contributed by atoms with Gasteiger partial charge in [0.15, 0.2) is 11.5 Å². The van der Waals surface area contributed by atoms with Gasteiger partial charge in [0.1, 0.15) is 5.78 Å². The van der Waals surface area contributed by atoms with Crippen LogP contribution < -0.4 is 9.47 Å². The van der Waals surface area contributed by atoms with Crippen molar-refractivity contribution in [1.82, 2.24) is 4.90 Å². The molecular weight excluding hydrogens is 306 g/mol. The monoisotopic (exact) mass is 329 g/mol. The first-order valence-corrected chi connectivity index (χ1v) is 8.81. The van der Waals surface area contributed by atoms with Gasteiger partial charge in [0.05, 0.1) is 25.2 Å². The molecule has 0 radical (unpaired) electrons. The number of aliphatic hydroxyl groups is 1. The lowest BCUT2D eigenvalue weighted by molar-refractivity contribution is -0.192. The van der Waals surface area contributed by atoms with Crippen molar-refractivity contribution in [1.29, 1.82) is 0 Å². The van der Waals surface area contributed by atoms with Crippen LogP contribution in [0.1, 0.15) is 30.4 Å². The number of likely N-dealkylation sites (N-methyl/N-ethyl adjacent to an activating group) is 1. The molecule has 3 unspecified atom stereocenters. The van der Waals surface area contributed by atoms with Gasteiger partial charge in [0.2, 0.25) is 0 Å². The molecule has 1 N–H and O–H groups in total. The van der Waals surface area contributed by atoms with E-state index in [0.717, 1.165) is 30.7 Å². The van der Waals surface area contributed by atoms with E-state index in [1.807, 2.05) is 6.07 Å². The van der Waals surface area contributed by atoms with E-state index in [2.05, 4.69) is 18.0 Å². The van der Waals surface area contributed by atoms with E-state index in [4.69, 9.17) is 9.47 Å². The third-order valence-electron chi connectivity index (χ3n) is 7.13. The molecule has 1 aromatic rings. The molecule has 2 aliphatic heterocycles. The zero-order chi connectivity index (χ0) is 16.7. The third-order valence-corrected chi connectivity index (χ3v) is 7.13. The summed E-state index contributed by atoms with van der Waals surface area (Å²) in [5, 5.41) is 11.9. The zero-order valence-corrected chi connectivity index (χ0v) is 14.2. The molecule has 1 saturated carbocycles. The molecule has 1 saturated heterocycles. The van der Waals surface area contributed by atoms with Crippen LogP contribution in [0, 0.1) is 5.92 Å². The van der Waals surface area contributed by atoms with E-state index in [0.29, 0.717) is 25.2 Å². The molecule has 5 nitrogen and oxygen atoms in total. The number of methoxy groups -OCH3 is 1. The van der Waals surface area contributed by atoms with E-state index < -0.39 is 11.0 Å². The van der Waals surface area contributed by atoms with Gasteiger partial charge in [-0.3, -0.25) is 4.79 Å². The molecule has 0 amide bonds. The van der Waals surface area contributed by atoms with Gasteiger partial charge < -0.3 is 19.5 Å². The van der Waals surface area contributed by atoms with Crippen LogP contribution in [0.4, 0.5) is 0 Å². The lowest BCUT2D eigenvalue weighted by Crippen LogP contribution is -2.76. The predicted molar refractivity (Wildman–Crippen MR) is 87.6 cm³/mol. The Morgan fingerprint density at radius 3 is 3.00 bits per heavy atom. The van der Waals surface area contributed by atoms with Crippen molar-refractivity contribution >= 4 is 5.78 Å². The number of likely N-dealkylation sites (tertiary alicyclic amines) is 1. The molecule has 24 heavy (non-hydrogen) atoms. The van der Waals surface area contributed by atoms with E-state index in [9.17, 15) is 9.90 Å². The molecule has 5 heteroatoms. The third kappa shape index (κ3) is 1.43. The molecule has 1 aromatic carbocycles. The highest BCUT2D eigenvalue weighted by Gasteiger charge is 2.70. The molecule has 4 aliphatic rings. The minimum atomic E-state index is -0.865. The first-order chi connectivity index (χ1) is 11.5. The molecule has 2 bridgehead atoms. The number of rotatable bonds is 1. The van der Waals surface area contributed by atoms with Crippen molar-refractivity contribution in [2.75, 3.05) is 27.3 Å². The lowest BCUT2D eigenvalue weighted by atomic mass is 9.45. The van der Waals surface area contributed by atoms with Gasteiger partial charge in [-0.2, -0.15) is 0 Å². The maximum atomic E-state index is 12.8. The summed E-state index contributed by atoms with van der Waals surface area (Å²) >= 11 is 0. The molecule has 4 atom stereocenters. The number of hydrogen-bond donors (Lipinski definition) is 1.